The molecule has 2 amide bonds. The minimum atomic E-state index is -0.658. The van der Waals surface area contributed by atoms with Crippen molar-refractivity contribution in [3.63, 3.8) is 0 Å². The number of rotatable bonds is 11. The van der Waals surface area contributed by atoms with Gasteiger partial charge in [0.05, 0.1) is 17.7 Å². The molecular formula is C33H43N5O3. The highest BCUT2D eigenvalue weighted by molar-refractivity contribution is 6.16. The first-order valence-electron chi connectivity index (χ1n) is 14.5. The van der Waals surface area contributed by atoms with Gasteiger partial charge in [0.1, 0.15) is 5.75 Å². The van der Waals surface area contributed by atoms with E-state index >= 15 is 0 Å². The zero-order chi connectivity index (χ0) is 29.9. The predicted molar refractivity (Wildman–Crippen MR) is 165 cm³/mol. The molecule has 2 atom stereocenters. The van der Waals surface area contributed by atoms with Crippen LogP contribution in [0.1, 0.15) is 91.8 Å². The topological polar surface area (TPSA) is 88.8 Å². The first-order chi connectivity index (χ1) is 19.4. The van der Waals surface area contributed by atoms with Crippen LogP contribution in [0, 0.1) is 0 Å². The van der Waals surface area contributed by atoms with Crippen molar-refractivity contribution >= 4 is 28.9 Å². The van der Waals surface area contributed by atoms with E-state index in [1.807, 2.05) is 19.9 Å². The van der Waals surface area contributed by atoms with Crippen molar-refractivity contribution in [3.8, 4) is 5.75 Å². The van der Waals surface area contributed by atoms with Gasteiger partial charge in [-0.1, -0.05) is 60.6 Å². The fraction of sp³-hybridized carbons (Fsp3) is 0.455. The molecule has 0 aliphatic carbocycles. The van der Waals surface area contributed by atoms with Crippen LogP contribution in [0.25, 0.3) is 0 Å². The van der Waals surface area contributed by atoms with Gasteiger partial charge in [0, 0.05) is 23.6 Å². The molecule has 8 heteroatoms. The molecule has 41 heavy (non-hydrogen) atoms. The maximum absolute atomic E-state index is 13.3. The number of nitrogens with zero attached hydrogens (tertiary/aromatic N) is 4. The average Bonchev–Trinajstić information content (AvgIpc) is 3.59. The lowest BCUT2D eigenvalue weighted by Crippen LogP contribution is -2.33. The third-order valence-corrected chi connectivity index (χ3v) is 8.49. The predicted octanol–water partition coefficient (Wildman–Crippen LogP) is 7.02. The summed E-state index contributed by atoms with van der Waals surface area (Å²) in [5, 5.41) is 8.84. The highest BCUT2D eigenvalue weighted by Gasteiger charge is 2.35. The van der Waals surface area contributed by atoms with Crippen molar-refractivity contribution in [2.45, 2.75) is 97.6 Å². The Labute approximate surface area is 243 Å². The third-order valence-electron chi connectivity index (χ3n) is 8.49. The van der Waals surface area contributed by atoms with E-state index in [2.05, 4.69) is 69.1 Å². The van der Waals surface area contributed by atoms with Gasteiger partial charge in [-0.05, 0) is 72.9 Å². The summed E-state index contributed by atoms with van der Waals surface area (Å²) in [5.41, 5.74) is 4.27. The van der Waals surface area contributed by atoms with E-state index in [1.165, 1.54) is 10.6 Å². The molecule has 0 fully saturated rings. The van der Waals surface area contributed by atoms with E-state index in [9.17, 15) is 9.59 Å². The van der Waals surface area contributed by atoms with E-state index in [0.717, 1.165) is 24.2 Å². The van der Waals surface area contributed by atoms with Crippen molar-refractivity contribution in [2.24, 2.45) is 5.10 Å². The second-order valence-corrected chi connectivity index (χ2v) is 12.0. The Morgan fingerprint density at radius 1 is 1.02 bits per heavy atom. The van der Waals surface area contributed by atoms with Crippen LogP contribution in [0.5, 0.6) is 5.75 Å². The fourth-order valence-corrected chi connectivity index (χ4v) is 4.87. The molecule has 3 aromatic rings. The fourth-order valence-electron chi connectivity index (χ4n) is 4.87. The SMILES string of the molecule is CCC(Oc1ccc(C(C)(C)CC)cc1C(C)(C)CC)C(=O)Nc1ccc(N2N=C(C)C(n3ccnc3)C2=O)cc1. The normalized spacial score (nSPS) is 16.5. The third kappa shape index (κ3) is 6.21. The Morgan fingerprint density at radius 3 is 2.29 bits per heavy atom. The number of carbonyl (C=O) groups excluding carboxylic acids is 2. The maximum atomic E-state index is 13.3. The molecule has 0 spiro atoms. The second-order valence-electron chi connectivity index (χ2n) is 12.0. The summed E-state index contributed by atoms with van der Waals surface area (Å²) in [7, 11) is 0. The molecule has 0 saturated carbocycles. The van der Waals surface area contributed by atoms with Crippen LogP contribution in [-0.2, 0) is 20.4 Å². The Kier molecular flexibility index (Phi) is 8.71. The molecule has 0 saturated heterocycles. The van der Waals surface area contributed by atoms with Crippen molar-refractivity contribution in [1.29, 1.82) is 0 Å². The lowest BCUT2D eigenvalue weighted by atomic mass is 9.76. The number of imidazole rings is 1. The molecule has 1 aromatic heterocycles. The number of carbonyl (C=O) groups is 2. The number of hydrazone groups is 1. The summed E-state index contributed by atoms with van der Waals surface area (Å²) in [5.74, 6) is 0.374. The molecule has 2 aromatic carbocycles. The Bertz CT molecular complexity index is 1410. The summed E-state index contributed by atoms with van der Waals surface area (Å²) >= 11 is 0. The van der Waals surface area contributed by atoms with Gasteiger partial charge in [-0.2, -0.15) is 10.1 Å². The largest absolute Gasteiger partial charge is 0.480 e. The first kappa shape index (κ1) is 30.0. The molecule has 2 heterocycles. The minimum Gasteiger partial charge on any atom is -0.480 e. The van der Waals surface area contributed by atoms with Gasteiger partial charge >= 0.3 is 0 Å². The van der Waals surface area contributed by atoms with Crippen LogP contribution in [0.3, 0.4) is 0 Å². The lowest BCUT2D eigenvalue weighted by molar-refractivity contribution is -0.123. The number of hydrogen-bond donors (Lipinski definition) is 1. The number of aromatic nitrogens is 2. The van der Waals surface area contributed by atoms with Gasteiger partial charge in [0.25, 0.3) is 11.8 Å². The van der Waals surface area contributed by atoms with Crippen molar-refractivity contribution < 1.29 is 14.3 Å². The van der Waals surface area contributed by atoms with E-state index < -0.39 is 12.1 Å². The monoisotopic (exact) mass is 557 g/mol. The number of nitrogens with one attached hydrogen (secondary N) is 1. The highest BCUT2D eigenvalue weighted by atomic mass is 16.5. The van der Waals surface area contributed by atoms with Crippen LogP contribution in [-0.4, -0.2) is 33.2 Å². The molecule has 8 nitrogen and oxygen atoms in total. The quantitative estimate of drug-likeness (QED) is 0.274. The first-order valence-corrected chi connectivity index (χ1v) is 14.5. The van der Waals surface area contributed by atoms with Crippen LogP contribution < -0.4 is 15.1 Å². The average molecular weight is 558 g/mol. The highest BCUT2D eigenvalue weighted by Crippen LogP contribution is 2.39. The van der Waals surface area contributed by atoms with E-state index in [4.69, 9.17) is 4.74 Å². The van der Waals surface area contributed by atoms with Gasteiger partial charge < -0.3 is 14.6 Å². The van der Waals surface area contributed by atoms with Crippen LogP contribution in [0.15, 0.2) is 66.3 Å². The van der Waals surface area contributed by atoms with E-state index in [1.54, 1.807) is 47.6 Å². The van der Waals surface area contributed by atoms with Crippen molar-refractivity contribution in [1.82, 2.24) is 9.55 Å². The zero-order valence-electron chi connectivity index (χ0n) is 25.6. The van der Waals surface area contributed by atoms with Gasteiger partial charge in [0.15, 0.2) is 12.1 Å². The van der Waals surface area contributed by atoms with Crippen molar-refractivity contribution in [2.75, 3.05) is 10.3 Å². The minimum absolute atomic E-state index is 0.0505. The number of hydrogen-bond acceptors (Lipinski definition) is 5. The number of anilines is 2. The zero-order valence-corrected chi connectivity index (χ0v) is 25.6. The Hall–Kier alpha value is -3.94. The number of benzene rings is 2. The van der Waals surface area contributed by atoms with Crippen LogP contribution >= 0.6 is 0 Å². The maximum Gasteiger partial charge on any atom is 0.276 e. The molecule has 218 valence electrons. The molecular weight excluding hydrogens is 514 g/mol. The van der Waals surface area contributed by atoms with Crippen LogP contribution in [0.2, 0.25) is 0 Å². The number of amides is 2. The Balaban J connectivity index is 1.49. The summed E-state index contributed by atoms with van der Waals surface area (Å²) in [6, 6.07) is 13.0. The second kappa shape index (κ2) is 11.9. The van der Waals surface area contributed by atoms with Gasteiger partial charge in [-0.25, -0.2) is 4.98 Å². The molecule has 2 unspecified atom stereocenters. The lowest BCUT2D eigenvalue weighted by Gasteiger charge is -2.31. The Morgan fingerprint density at radius 2 is 1.71 bits per heavy atom. The van der Waals surface area contributed by atoms with Gasteiger partial charge in [0.2, 0.25) is 0 Å². The summed E-state index contributed by atoms with van der Waals surface area (Å²) in [6.07, 6.45) is 6.84. The van der Waals surface area contributed by atoms with E-state index in [0.29, 0.717) is 23.5 Å². The van der Waals surface area contributed by atoms with Gasteiger partial charge in [-0.3, -0.25) is 9.59 Å². The summed E-state index contributed by atoms with van der Waals surface area (Å²) in [6.45, 7) is 17.1. The summed E-state index contributed by atoms with van der Waals surface area (Å²) < 4.78 is 8.15. The summed E-state index contributed by atoms with van der Waals surface area (Å²) in [4.78, 5) is 30.4. The molecule has 0 bridgehead atoms. The van der Waals surface area contributed by atoms with E-state index in [-0.39, 0.29) is 22.6 Å². The van der Waals surface area contributed by atoms with Crippen molar-refractivity contribution in [3.05, 3.63) is 72.3 Å². The standard InChI is InChI=1S/C33H43N5O3/c1-9-27(41-28-17-12-23(32(5,6)10-2)20-26(28)33(7,8)11-3)30(39)35-24-13-15-25(16-14-24)38-31(40)29(22(4)36-38)37-19-18-34-21-37/h12-21,27,29H,9-11H2,1-8H3,(H,35,39). The molecule has 1 N–H and O–H groups in total. The van der Waals surface area contributed by atoms with Gasteiger partial charge in [-0.15, -0.1) is 0 Å². The van der Waals surface area contributed by atoms with Crippen LogP contribution in [0.4, 0.5) is 11.4 Å². The molecule has 0 radical (unpaired) electrons. The number of ether oxygens (including phenoxy) is 1. The molecule has 1 aliphatic heterocycles. The molecule has 1 aliphatic rings. The smallest absolute Gasteiger partial charge is 0.276 e. The molecule has 4 rings (SSSR count).